The molecular weight excluding hydrogens is 778 g/mol. The van der Waals surface area contributed by atoms with Crippen LogP contribution in [0.1, 0.15) is 53.5 Å². The van der Waals surface area contributed by atoms with Gasteiger partial charge in [-0.2, -0.15) is 0 Å². The van der Waals surface area contributed by atoms with Crippen molar-refractivity contribution in [2.24, 2.45) is 0 Å². The number of esters is 3. The molecular formula is C45H76ClN3O10. The minimum absolute atomic E-state index is 0. The van der Waals surface area contributed by atoms with Crippen LogP contribution in [0.25, 0.3) is 6.08 Å². The summed E-state index contributed by atoms with van der Waals surface area (Å²) in [6.07, 6.45) is 3.79. The fourth-order valence-corrected chi connectivity index (χ4v) is 2.46. The summed E-state index contributed by atoms with van der Waals surface area (Å²) in [7, 11) is 18.5. The third kappa shape index (κ3) is 55.3. The minimum atomic E-state index is -1.15. The number of nitrogens with zero attached hydrogens (tertiary/aromatic N) is 3. The number of carboxylic acids is 2. The molecule has 0 aliphatic carbocycles. The number of halogens is 1. The molecule has 59 heavy (non-hydrogen) atoms. The molecule has 1 aromatic rings. The number of quaternary nitrogens is 3. The number of rotatable bonds is 16. The zero-order valence-corrected chi connectivity index (χ0v) is 39.6. The highest BCUT2D eigenvalue weighted by atomic mass is 35.5. The number of hydrogen-bond acceptors (Lipinski definition) is 10. The molecule has 0 spiro atoms. The highest BCUT2D eigenvalue weighted by molar-refractivity contribution is 5.87. The molecule has 0 unspecified atom stereocenters. The molecule has 13 nitrogen and oxygen atoms in total. The van der Waals surface area contributed by atoms with Crippen molar-refractivity contribution in [3.8, 4) is 0 Å². The Hall–Kier alpha value is -4.82. The lowest BCUT2D eigenvalue weighted by atomic mass is 10.2. The SMILES string of the molecule is C=C(C)C(=O)OCC[N+](C)(C)C.C=C(C)C(=O)OCC[N+](C)(C)C.C=C(C)C(=O)OCC[N+](C)(C)C.C=C(CC)C(=O)[O-].C=Cc1ccccc1.CC=C(C)C(=O)[O-].[Cl-]. The van der Waals surface area contributed by atoms with Crippen LogP contribution in [0.15, 0.2) is 97.2 Å². The van der Waals surface area contributed by atoms with E-state index in [4.69, 9.17) is 14.2 Å². The maximum absolute atomic E-state index is 10.9. The van der Waals surface area contributed by atoms with Crippen molar-refractivity contribution in [1.82, 2.24) is 0 Å². The van der Waals surface area contributed by atoms with Crippen LogP contribution in [-0.2, 0) is 38.2 Å². The Morgan fingerprint density at radius 2 is 0.881 bits per heavy atom. The predicted octanol–water partition coefficient (Wildman–Crippen LogP) is 1.17. The van der Waals surface area contributed by atoms with Crippen LogP contribution in [-0.4, -0.2) is 146 Å². The summed E-state index contributed by atoms with van der Waals surface area (Å²) in [6, 6.07) is 10.0. The van der Waals surface area contributed by atoms with Gasteiger partial charge in [-0.1, -0.05) is 82.3 Å². The molecule has 0 aliphatic heterocycles. The van der Waals surface area contributed by atoms with Crippen LogP contribution >= 0.6 is 0 Å². The van der Waals surface area contributed by atoms with Gasteiger partial charge in [-0.25, -0.2) is 14.4 Å². The molecule has 0 fully saturated rings. The minimum Gasteiger partial charge on any atom is -1.00 e. The van der Waals surface area contributed by atoms with Crippen molar-refractivity contribution in [3.63, 3.8) is 0 Å². The van der Waals surface area contributed by atoms with Gasteiger partial charge < -0.3 is 59.9 Å². The van der Waals surface area contributed by atoms with E-state index < -0.39 is 11.9 Å². The number of likely N-dealkylation sites (N-methyl/N-ethyl adjacent to an activating group) is 3. The first-order valence-electron chi connectivity index (χ1n) is 18.6. The molecule has 1 aromatic carbocycles. The second-order valence-electron chi connectivity index (χ2n) is 15.9. The summed E-state index contributed by atoms with van der Waals surface area (Å²) < 4.78 is 17.2. The van der Waals surface area contributed by atoms with Gasteiger partial charge in [-0.05, 0) is 57.7 Å². The van der Waals surface area contributed by atoms with E-state index in [1.165, 1.54) is 18.6 Å². The predicted molar refractivity (Wildman–Crippen MR) is 231 cm³/mol. The Morgan fingerprint density at radius 1 is 0.593 bits per heavy atom. The number of aliphatic carboxylic acids is 2. The molecule has 338 valence electrons. The first-order valence-corrected chi connectivity index (χ1v) is 18.6. The van der Waals surface area contributed by atoms with Crippen LogP contribution in [0.2, 0.25) is 0 Å². The van der Waals surface area contributed by atoms with E-state index in [-0.39, 0.29) is 41.5 Å². The smallest absolute Gasteiger partial charge is 0.333 e. The molecule has 0 radical (unpaired) electrons. The van der Waals surface area contributed by atoms with Crippen molar-refractivity contribution in [2.75, 3.05) is 103 Å². The molecule has 0 heterocycles. The number of benzene rings is 1. The first-order chi connectivity index (χ1) is 26.3. The van der Waals surface area contributed by atoms with Gasteiger partial charge in [-0.3, -0.25) is 0 Å². The van der Waals surface area contributed by atoms with Gasteiger partial charge in [0.1, 0.15) is 39.5 Å². The van der Waals surface area contributed by atoms with Gasteiger partial charge in [0, 0.05) is 16.7 Å². The van der Waals surface area contributed by atoms with E-state index in [0.29, 0.717) is 43.0 Å². The standard InChI is InChI=1S/3C9H18NO2.C8H8.2C5H8O2.ClH/c3*1-8(2)9(11)12-7-6-10(3,4)5;1-2-8-6-4-3-5-7-8;2*1-3-4(2)5(6)7;/h3*1,6-7H2,2-5H3;2-7H,1H2;3H,1-2H3,(H,6,7);2-3H2,1H3,(H,6,7);1H/q3*+1;;;;/p-3. The van der Waals surface area contributed by atoms with E-state index in [1.807, 2.05) is 36.4 Å². The fraction of sp³-hybridized carbons (Fsp3) is 0.489. The van der Waals surface area contributed by atoms with Crippen LogP contribution in [0.4, 0.5) is 0 Å². The highest BCUT2D eigenvalue weighted by Crippen LogP contribution is 1.98. The van der Waals surface area contributed by atoms with E-state index in [2.05, 4.69) is 96.3 Å². The maximum Gasteiger partial charge on any atom is 0.333 e. The van der Waals surface area contributed by atoms with Gasteiger partial charge in [0.05, 0.1) is 75.4 Å². The summed E-state index contributed by atoms with van der Waals surface area (Å²) in [6.45, 7) is 30.9. The Labute approximate surface area is 362 Å². The van der Waals surface area contributed by atoms with Gasteiger partial charge in [0.15, 0.2) is 0 Å². The van der Waals surface area contributed by atoms with Crippen LogP contribution in [0.5, 0.6) is 0 Å². The molecule has 0 N–H and O–H groups in total. The second kappa shape index (κ2) is 36.3. The van der Waals surface area contributed by atoms with Crippen molar-refractivity contribution >= 4 is 35.9 Å². The number of carbonyl (C=O) groups excluding carboxylic acids is 5. The number of carbonyl (C=O) groups is 5. The normalized spacial score (nSPS) is 10.2. The molecule has 0 saturated heterocycles. The van der Waals surface area contributed by atoms with Gasteiger partial charge in [0.25, 0.3) is 0 Å². The molecule has 0 bridgehead atoms. The van der Waals surface area contributed by atoms with Crippen molar-refractivity contribution < 1.29 is 74.3 Å². The summed E-state index contributed by atoms with van der Waals surface area (Å²) in [5, 5.41) is 19.5. The molecule has 0 saturated carbocycles. The molecule has 0 amide bonds. The van der Waals surface area contributed by atoms with Crippen LogP contribution in [0.3, 0.4) is 0 Å². The summed E-state index contributed by atoms with van der Waals surface area (Å²) in [5.41, 5.74) is 2.97. The van der Waals surface area contributed by atoms with E-state index in [0.717, 1.165) is 33.1 Å². The lowest BCUT2D eigenvalue weighted by Crippen LogP contribution is -3.00. The third-order valence-electron chi connectivity index (χ3n) is 6.54. The molecule has 14 heteroatoms. The summed E-state index contributed by atoms with van der Waals surface area (Å²) in [4.78, 5) is 52.2. The summed E-state index contributed by atoms with van der Waals surface area (Å²) in [5.74, 6) is -3.15. The molecule has 0 aliphatic rings. The maximum atomic E-state index is 10.9. The third-order valence-corrected chi connectivity index (χ3v) is 6.54. The first kappa shape index (κ1) is 66.0. The zero-order valence-electron chi connectivity index (χ0n) is 38.8. The Kier molecular flexibility index (Phi) is 40.6. The number of hydrogen-bond donors (Lipinski definition) is 0. The topological polar surface area (TPSA) is 159 Å². The average Bonchev–Trinajstić information content (AvgIpc) is 3.10. The van der Waals surface area contributed by atoms with E-state index in [1.54, 1.807) is 34.6 Å². The lowest BCUT2D eigenvalue weighted by Gasteiger charge is -2.23. The Balaban J connectivity index is -0.000000144. The Bertz CT molecular complexity index is 1380. The largest absolute Gasteiger partial charge is 1.00 e. The highest BCUT2D eigenvalue weighted by Gasteiger charge is 2.11. The van der Waals surface area contributed by atoms with Gasteiger partial charge in [0.2, 0.25) is 0 Å². The van der Waals surface area contributed by atoms with Crippen LogP contribution in [0, 0.1) is 0 Å². The quantitative estimate of drug-likeness (QED) is 0.102. The number of carboxylic acid groups (broad SMARTS) is 2. The van der Waals surface area contributed by atoms with E-state index in [9.17, 15) is 34.2 Å². The van der Waals surface area contributed by atoms with Crippen LogP contribution < -0.4 is 22.6 Å². The fourth-order valence-electron chi connectivity index (χ4n) is 2.46. The van der Waals surface area contributed by atoms with Crippen molar-refractivity contribution in [3.05, 3.63) is 103 Å². The van der Waals surface area contributed by atoms with E-state index >= 15 is 0 Å². The van der Waals surface area contributed by atoms with Crippen molar-refractivity contribution in [1.29, 1.82) is 0 Å². The Morgan fingerprint density at radius 3 is 1.00 bits per heavy atom. The monoisotopic (exact) mass is 854 g/mol. The molecule has 0 aromatic heterocycles. The van der Waals surface area contributed by atoms with Gasteiger partial charge >= 0.3 is 17.9 Å². The molecule has 1 rings (SSSR count). The zero-order chi connectivity index (χ0) is 46.9. The number of ether oxygens (including phenoxy) is 3. The molecule has 0 atom stereocenters. The van der Waals surface area contributed by atoms with Crippen molar-refractivity contribution in [2.45, 2.75) is 48.0 Å². The average molecular weight is 855 g/mol. The lowest BCUT2D eigenvalue weighted by molar-refractivity contribution is -0.870. The number of allylic oxidation sites excluding steroid dienone is 1. The summed E-state index contributed by atoms with van der Waals surface area (Å²) >= 11 is 0. The second-order valence-corrected chi connectivity index (χ2v) is 15.9. The van der Waals surface area contributed by atoms with Gasteiger partial charge in [-0.15, -0.1) is 0 Å².